The molecule has 0 aromatic heterocycles. The van der Waals surface area contributed by atoms with Gasteiger partial charge >= 0.3 is 11.9 Å². The molecule has 1 heterocycles. The van der Waals surface area contributed by atoms with Crippen LogP contribution in [0.3, 0.4) is 0 Å². The zero-order valence-corrected chi connectivity index (χ0v) is 36.1. The number of hydrogen-bond donors (Lipinski definition) is 4. The minimum absolute atomic E-state index is 0.0407. The lowest BCUT2D eigenvalue weighted by Crippen LogP contribution is -2.36. The summed E-state index contributed by atoms with van der Waals surface area (Å²) in [5, 5.41) is 42.8. The number of aromatic hydroxyl groups is 2. The molecule has 6 aromatic carbocycles. The maximum absolute atomic E-state index is 12.9. The van der Waals surface area contributed by atoms with Gasteiger partial charge in [-0.15, -0.1) is 0 Å². The van der Waals surface area contributed by atoms with E-state index in [1.807, 2.05) is 17.0 Å². The van der Waals surface area contributed by atoms with Crippen LogP contribution in [0, 0.1) is 0 Å². The van der Waals surface area contributed by atoms with Gasteiger partial charge in [-0.3, -0.25) is 4.79 Å². The van der Waals surface area contributed by atoms with Crippen molar-refractivity contribution >= 4 is 39.4 Å². The molecule has 1 aliphatic heterocycles. The van der Waals surface area contributed by atoms with E-state index in [0.717, 1.165) is 68.3 Å². The molecule has 0 bridgehead atoms. The molecule has 13 nitrogen and oxygen atoms in total. The van der Waals surface area contributed by atoms with Gasteiger partial charge in [0.05, 0.1) is 34.9 Å². The van der Waals surface area contributed by atoms with Crippen LogP contribution in [0.5, 0.6) is 34.5 Å². The fourth-order valence-electron chi connectivity index (χ4n) is 8.84. The summed E-state index contributed by atoms with van der Waals surface area (Å²) in [6, 6.07) is 25.0. The predicted octanol–water partition coefficient (Wildman–Crippen LogP) is 7.70. The molecule has 0 saturated heterocycles. The Morgan fingerprint density at radius 2 is 1.19 bits per heavy atom. The average Bonchev–Trinajstić information content (AvgIpc) is 3.43. The first kappa shape index (κ1) is 44.1. The van der Waals surface area contributed by atoms with Gasteiger partial charge < -0.3 is 49.2 Å². The Morgan fingerprint density at radius 3 is 1.71 bits per heavy atom. The summed E-state index contributed by atoms with van der Waals surface area (Å²) in [7, 11) is 8.79. The highest BCUT2D eigenvalue weighted by Gasteiger charge is 2.30. The van der Waals surface area contributed by atoms with E-state index >= 15 is 0 Å². The smallest absolute Gasteiger partial charge is 0.339 e. The summed E-state index contributed by atoms with van der Waals surface area (Å²) >= 11 is 0. The minimum Gasteiger partial charge on any atom is -0.507 e. The van der Waals surface area contributed by atoms with Crippen LogP contribution in [0.1, 0.15) is 66.4 Å². The van der Waals surface area contributed by atoms with Crippen molar-refractivity contribution in [2.45, 2.75) is 38.0 Å². The number of methoxy groups -OCH3 is 4. The van der Waals surface area contributed by atoms with E-state index in [1.54, 1.807) is 77.0 Å². The molecule has 328 valence electrons. The lowest BCUT2D eigenvalue weighted by Gasteiger charge is -2.34. The second kappa shape index (κ2) is 19.0. The number of amides is 1. The maximum atomic E-state index is 12.9. The molecule has 0 spiro atoms. The summed E-state index contributed by atoms with van der Waals surface area (Å²) in [5.41, 5.74) is 5.02. The highest BCUT2D eigenvalue weighted by molar-refractivity contribution is 6.02. The number of aromatic carboxylic acids is 2. The number of fused-ring (bicyclic) bond motifs is 4. The van der Waals surface area contributed by atoms with E-state index in [0.29, 0.717) is 50.8 Å². The van der Waals surface area contributed by atoms with Crippen LogP contribution in [0.4, 0.5) is 0 Å². The summed E-state index contributed by atoms with van der Waals surface area (Å²) in [6.07, 6.45) is 3.23. The number of benzene rings is 6. The fourth-order valence-corrected chi connectivity index (χ4v) is 8.84. The molecule has 13 heteroatoms. The molecule has 63 heavy (non-hydrogen) atoms. The first-order valence-corrected chi connectivity index (χ1v) is 20.7. The fraction of sp³-hybridized carbons (Fsp3) is 0.300. The van der Waals surface area contributed by atoms with Crippen molar-refractivity contribution in [1.82, 2.24) is 9.80 Å². The van der Waals surface area contributed by atoms with Gasteiger partial charge in [-0.25, -0.2) is 9.59 Å². The Kier molecular flexibility index (Phi) is 13.3. The molecule has 0 saturated carbocycles. The number of likely N-dealkylation sites (N-methyl/N-ethyl adjacent to an activating group) is 1. The van der Waals surface area contributed by atoms with Crippen LogP contribution in [-0.4, -0.2) is 110 Å². The predicted molar refractivity (Wildman–Crippen MR) is 240 cm³/mol. The molecule has 0 unspecified atom stereocenters. The minimum atomic E-state index is -1.28. The van der Waals surface area contributed by atoms with Crippen molar-refractivity contribution < 1.29 is 53.8 Å². The van der Waals surface area contributed by atoms with Gasteiger partial charge in [0, 0.05) is 43.1 Å². The summed E-state index contributed by atoms with van der Waals surface area (Å²) in [4.78, 5) is 40.5. The molecule has 6 aromatic rings. The van der Waals surface area contributed by atoms with Gasteiger partial charge in [-0.05, 0) is 113 Å². The van der Waals surface area contributed by atoms with Crippen molar-refractivity contribution in [3.05, 3.63) is 129 Å². The van der Waals surface area contributed by atoms with E-state index in [1.165, 1.54) is 28.8 Å². The maximum Gasteiger partial charge on any atom is 0.339 e. The van der Waals surface area contributed by atoms with E-state index in [2.05, 4.69) is 24.1 Å². The van der Waals surface area contributed by atoms with Gasteiger partial charge in [0.15, 0.2) is 23.0 Å². The summed E-state index contributed by atoms with van der Waals surface area (Å²) < 4.78 is 21.7. The zero-order chi connectivity index (χ0) is 44.9. The van der Waals surface area contributed by atoms with Crippen LogP contribution in [0.2, 0.25) is 0 Å². The number of phenols is 2. The van der Waals surface area contributed by atoms with E-state index < -0.39 is 23.4 Å². The number of rotatable bonds is 14. The van der Waals surface area contributed by atoms with Gasteiger partial charge in [0.1, 0.15) is 22.6 Å². The van der Waals surface area contributed by atoms with Crippen LogP contribution in [0.15, 0.2) is 84.9 Å². The Labute approximate surface area is 365 Å². The molecule has 0 fully saturated rings. The van der Waals surface area contributed by atoms with Crippen LogP contribution >= 0.6 is 0 Å². The lowest BCUT2D eigenvalue weighted by molar-refractivity contribution is -0.130. The third-order valence-corrected chi connectivity index (χ3v) is 12.2. The van der Waals surface area contributed by atoms with Crippen LogP contribution in [-0.2, 0) is 30.5 Å². The molecule has 0 radical (unpaired) electrons. The first-order chi connectivity index (χ1) is 30.3. The van der Waals surface area contributed by atoms with Gasteiger partial charge in [0.25, 0.3) is 0 Å². The van der Waals surface area contributed by atoms with Gasteiger partial charge in [-0.1, -0.05) is 48.5 Å². The molecule has 2 aliphatic rings. The van der Waals surface area contributed by atoms with E-state index in [9.17, 15) is 34.8 Å². The SMILES string of the molecule is COc1cc2c(cc1OC)CC(=O)N(CCCN(C)C[C@H]1Cc3cc(OC)c(OC)cc31)CC2.O=C(O)c1cc2ccccc2c(Cc2c(O)c(C(=O)O)cc3ccccc23)c1O. The molecule has 1 amide bonds. The van der Waals surface area contributed by atoms with Crippen molar-refractivity contribution in [2.24, 2.45) is 0 Å². The lowest BCUT2D eigenvalue weighted by atomic mass is 9.77. The van der Waals surface area contributed by atoms with Crippen molar-refractivity contribution in [1.29, 1.82) is 0 Å². The third-order valence-electron chi connectivity index (χ3n) is 12.2. The van der Waals surface area contributed by atoms with Crippen molar-refractivity contribution in [2.75, 3.05) is 61.7 Å². The Hall–Kier alpha value is -6.99. The first-order valence-electron chi connectivity index (χ1n) is 20.7. The van der Waals surface area contributed by atoms with Gasteiger partial charge in [0.2, 0.25) is 5.91 Å². The highest BCUT2D eigenvalue weighted by atomic mass is 16.5. The molecule has 1 atom stereocenters. The largest absolute Gasteiger partial charge is 0.507 e. The molecular weight excluding hydrogens is 805 g/mol. The van der Waals surface area contributed by atoms with E-state index in [4.69, 9.17) is 18.9 Å². The number of carbonyl (C=O) groups excluding carboxylic acids is 1. The van der Waals surface area contributed by atoms with Gasteiger partial charge in [-0.2, -0.15) is 0 Å². The average molecular weight is 857 g/mol. The number of nitrogens with zero attached hydrogens (tertiary/aromatic N) is 2. The van der Waals surface area contributed by atoms with Crippen molar-refractivity contribution in [3.8, 4) is 34.5 Å². The normalized spacial score (nSPS) is 14.2. The topological polar surface area (TPSA) is 176 Å². The standard InChI is InChI=1S/C27H36N2O5.C23H16O6/c1-28(17-21-11-20-14-25(33-4)26(34-5)16-22(20)21)8-6-9-29-10-7-18-12-23(31-2)24(32-3)13-19(18)15-27(29)30;24-20-16(14-7-3-1-5-12(14)9-18(20)22(26)27)11-17-15-8-4-2-6-13(15)10-19(21(17)25)23(28)29/h12-14,16,21H,6-11,15,17H2,1-5H3;1-10,24-25H,11H2,(H,26,27)(H,28,29)/t21-;/m1./s1. The summed E-state index contributed by atoms with van der Waals surface area (Å²) in [5.74, 6) is 0.335. The molecule has 8 rings (SSSR count). The highest BCUT2D eigenvalue weighted by Crippen LogP contribution is 2.43. The second-order valence-corrected chi connectivity index (χ2v) is 15.9. The quantitative estimate of drug-likeness (QED) is 0.0842. The molecule has 4 N–H and O–H groups in total. The number of hydrogen-bond acceptors (Lipinski definition) is 10. The number of ether oxygens (including phenoxy) is 4. The van der Waals surface area contributed by atoms with Crippen LogP contribution in [0.25, 0.3) is 21.5 Å². The number of carbonyl (C=O) groups is 3. The van der Waals surface area contributed by atoms with Crippen molar-refractivity contribution in [3.63, 3.8) is 0 Å². The number of carboxylic acid groups (broad SMARTS) is 2. The molecule has 1 aliphatic carbocycles. The summed E-state index contributed by atoms with van der Waals surface area (Å²) in [6.45, 7) is 3.47. The third kappa shape index (κ3) is 9.15. The number of carboxylic acids is 2. The Morgan fingerprint density at radius 1 is 0.698 bits per heavy atom. The van der Waals surface area contributed by atoms with E-state index in [-0.39, 0.29) is 23.5 Å². The Balaban J connectivity index is 0.000000191. The molecular formula is C50H52N2O11. The Bertz CT molecular complexity index is 2610. The monoisotopic (exact) mass is 856 g/mol. The second-order valence-electron chi connectivity index (χ2n) is 15.9. The zero-order valence-electron chi connectivity index (χ0n) is 36.1. The van der Waals surface area contributed by atoms with Crippen LogP contribution < -0.4 is 18.9 Å².